The van der Waals surface area contributed by atoms with Gasteiger partial charge in [-0.15, -0.1) is 0 Å². The summed E-state index contributed by atoms with van der Waals surface area (Å²) in [7, 11) is 1.61. The van der Waals surface area contributed by atoms with E-state index in [4.69, 9.17) is 21.7 Å². The van der Waals surface area contributed by atoms with Crippen LogP contribution in [0.5, 0.6) is 11.5 Å². The van der Waals surface area contributed by atoms with Gasteiger partial charge in [0.25, 0.3) is 0 Å². The van der Waals surface area contributed by atoms with Crippen LogP contribution in [0.1, 0.15) is 25.3 Å². The molecular formula is C20H24N2O3S. The molecule has 2 aromatic rings. The van der Waals surface area contributed by atoms with E-state index in [0.29, 0.717) is 6.61 Å². The second kappa shape index (κ2) is 10.4. The smallest absolute Gasteiger partial charge is 0.230 e. The summed E-state index contributed by atoms with van der Waals surface area (Å²) in [5.41, 5.74) is 1.66. The predicted octanol–water partition coefficient (Wildman–Crippen LogP) is 3.93. The van der Waals surface area contributed by atoms with E-state index >= 15 is 0 Å². The average Bonchev–Trinajstić information content (AvgIpc) is 2.62. The number of unbranched alkanes of at least 4 members (excludes halogenated alkanes) is 1. The fourth-order valence-electron chi connectivity index (χ4n) is 2.26. The van der Waals surface area contributed by atoms with Crippen LogP contribution in [-0.4, -0.2) is 24.7 Å². The van der Waals surface area contributed by atoms with Crippen LogP contribution in [-0.2, 0) is 11.2 Å². The number of ether oxygens (including phenoxy) is 2. The molecule has 0 aromatic heterocycles. The van der Waals surface area contributed by atoms with Gasteiger partial charge in [0.1, 0.15) is 11.5 Å². The van der Waals surface area contributed by atoms with Crippen molar-refractivity contribution in [2.45, 2.75) is 26.2 Å². The third-order valence-electron chi connectivity index (χ3n) is 3.64. The quantitative estimate of drug-likeness (QED) is 0.543. The molecule has 6 heteroatoms. The van der Waals surface area contributed by atoms with E-state index in [-0.39, 0.29) is 17.4 Å². The fraction of sp³-hybridized carbons (Fsp3) is 0.300. The van der Waals surface area contributed by atoms with E-state index < -0.39 is 0 Å². The number of amides is 1. The van der Waals surface area contributed by atoms with Crippen LogP contribution in [0.4, 0.5) is 5.69 Å². The molecule has 5 nitrogen and oxygen atoms in total. The first kappa shape index (κ1) is 19.7. The van der Waals surface area contributed by atoms with Gasteiger partial charge in [-0.25, -0.2) is 0 Å². The number of carbonyl (C=O) groups is 1. The topological polar surface area (TPSA) is 59.6 Å². The second-order valence-corrected chi connectivity index (χ2v) is 6.17. The van der Waals surface area contributed by atoms with Crippen LogP contribution < -0.4 is 20.1 Å². The second-order valence-electron chi connectivity index (χ2n) is 5.76. The molecule has 0 aliphatic heterocycles. The molecule has 2 N–H and O–H groups in total. The van der Waals surface area contributed by atoms with Gasteiger partial charge in [-0.05, 0) is 48.5 Å². The summed E-state index contributed by atoms with van der Waals surface area (Å²) in [5.74, 6) is 1.35. The molecule has 0 aliphatic carbocycles. The zero-order valence-electron chi connectivity index (χ0n) is 15.1. The Morgan fingerprint density at radius 2 is 1.88 bits per heavy atom. The van der Waals surface area contributed by atoms with Crippen molar-refractivity contribution in [3.8, 4) is 11.5 Å². The van der Waals surface area contributed by atoms with Crippen LogP contribution in [0.15, 0.2) is 48.5 Å². The van der Waals surface area contributed by atoms with Crippen LogP contribution >= 0.6 is 12.2 Å². The lowest BCUT2D eigenvalue weighted by atomic mass is 10.1. The van der Waals surface area contributed by atoms with Crippen molar-refractivity contribution >= 4 is 28.9 Å². The summed E-state index contributed by atoms with van der Waals surface area (Å²) in [4.78, 5) is 12.1. The zero-order chi connectivity index (χ0) is 18.8. The molecule has 138 valence electrons. The highest BCUT2D eigenvalue weighted by molar-refractivity contribution is 7.80. The largest absolute Gasteiger partial charge is 0.497 e. The van der Waals surface area contributed by atoms with Gasteiger partial charge in [-0.1, -0.05) is 31.5 Å². The summed E-state index contributed by atoms with van der Waals surface area (Å²) in [6, 6.07) is 14.9. The summed E-state index contributed by atoms with van der Waals surface area (Å²) in [6.07, 6.45) is 2.34. The van der Waals surface area contributed by atoms with E-state index in [1.54, 1.807) is 7.11 Å². The molecule has 0 aliphatic rings. The molecule has 0 saturated heterocycles. The van der Waals surface area contributed by atoms with Crippen LogP contribution in [0, 0.1) is 0 Å². The summed E-state index contributed by atoms with van der Waals surface area (Å²) >= 11 is 5.21. The van der Waals surface area contributed by atoms with E-state index in [1.165, 1.54) is 0 Å². The lowest BCUT2D eigenvalue weighted by Gasteiger charge is -2.11. The number of anilines is 1. The molecule has 0 saturated carbocycles. The summed E-state index contributed by atoms with van der Waals surface area (Å²) < 4.78 is 10.8. The molecule has 0 bridgehead atoms. The van der Waals surface area contributed by atoms with Gasteiger partial charge in [-0.2, -0.15) is 0 Å². The zero-order valence-corrected chi connectivity index (χ0v) is 15.9. The molecule has 0 unspecified atom stereocenters. The lowest BCUT2D eigenvalue weighted by molar-refractivity contribution is -0.119. The van der Waals surface area contributed by atoms with E-state index in [2.05, 4.69) is 17.6 Å². The number of hydrogen-bond donors (Lipinski definition) is 2. The maximum atomic E-state index is 12.1. The first-order valence-corrected chi connectivity index (χ1v) is 8.98. The molecule has 0 spiro atoms. The third-order valence-corrected chi connectivity index (χ3v) is 3.84. The number of carbonyl (C=O) groups excluding carboxylic acids is 1. The van der Waals surface area contributed by atoms with E-state index in [9.17, 15) is 4.79 Å². The van der Waals surface area contributed by atoms with Crippen molar-refractivity contribution in [2.75, 3.05) is 19.0 Å². The number of thiocarbonyl (C=S) groups is 1. The molecule has 0 radical (unpaired) electrons. The van der Waals surface area contributed by atoms with Gasteiger partial charge >= 0.3 is 0 Å². The predicted molar refractivity (Wildman–Crippen MR) is 108 cm³/mol. The minimum absolute atomic E-state index is 0.178. The number of methoxy groups -OCH3 is 1. The van der Waals surface area contributed by atoms with Crippen molar-refractivity contribution in [3.05, 3.63) is 54.1 Å². The molecular weight excluding hydrogens is 348 g/mol. The van der Waals surface area contributed by atoms with Crippen LogP contribution in [0.2, 0.25) is 0 Å². The number of rotatable bonds is 8. The Balaban J connectivity index is 1.83. The Bertz CT molecular complexity index is 732. The van der Waals surface area contributed by atoms with Crippen molar-refractivity contribution in [2.24, 2.45) is 0 Å². The maximum absolute atomic E-state index is 12.1. The van der Waals surface area contributed by atoms with Crippen LogP contribution in [0.3, 0.4) is 0 Å². The van der Waals surface area contributed by atoms with Gasteiger partial charge in [0, 0.05) is 11.8 Å². The highest BCUT2D eigenvalue weighted by atomic mass is 32.1. The Morgan fingerprint density at radius 3 is 2.58 bits per heavy atom. The molecule has 2 rings (SSSR count). The van der Waals surface area contributed by atoms with E-state index in [0.717, 1.165) is 35.6 Å². The fourth-order valence-corrected chi connectivity index (χ4v) is 2.49. The normalized spacial score (nSPS) is 10.1. The third kappa shape index (κ3) is 6.72. The van der Waals surface area contributed by atoms with Crippen molar-refractivity contribution < 1.29 is 14.3 Å². The van der Waals surface area contributed by atoms with Gasteiger partial charge in [-0.3, -0.25) is 4.79 Å². The Kier molecular flexibility index (Phi) is 7.89. The standard InChI is InChI=1S/C20H24N2O3S/c1-3-4-12-25-18-7-5-6-16(14-18)21-20(26)22-19(23)13-15-8-10-17(24-2)11-9-15/h5-11,14H,3-4,12-13H2,1-2H3,(H2,21,22,23,26). The Labute approximate surface area is 159 Å². The Hall–Kier alpha value is -2.60. The van der Waals surface area contributed by atoms with Gasteiger partial charge < -0.3 is 20.1 Å². The average molecular weight is 372 g/mol. The summed E-state index contributed by atoms with van der Waals surface area (Å²) in [5, 5.41) is 5.95. The SMILES string of the molecule is CCCCOc1cccc(NC(=S)NC(=O)Cc2ccc(OC)cc2)c1. The van der Waals surface area contributed by atoms with Crippen molar-refractivity contribution in [3.63, 3.8) is 0 Å². The number of hydrogen-bond acceptors (Lipinski definition) is 4. The van der Waals surface area contributed by atoms with Crippen molar-refractivity contribution in [1.29, 1.82) is 0 Å². The first-order valence-electron chi connectivity index (χ1n) is 8.57. The minimum atomic E-state index is -0.178. The monoisotopic (exact) mass is 372 g/mol. The molecule has 0 heterocycles. The molecule has 26 heavy (non-hydrogen) atoms. The minimum Gasteiger partial charge on any atom is -0.497 e. The highest BCUT2D eigenvalue weighted by Crippen LogP contribution is 2.17. The van der Waals surface area contributed by atoms with Crippen LogP contribution in [0.25, 0.3) is 0 Å². The Morgan fingerprint density at radius 1 is 1.12 bits per heavy atom. The number of benzene rings is 2. The lowest BCUT2D eigenvalue weighted by Crippen LogP contribution is -2.35. The highest BCUT2D eigenvalue weighted by Gasteiger charge is 2.07. The number of nitrogens with one attached hydrogen (secondary N) is 2. The molecule has 0 fully saturated rings. The molecule has 0 atom stereocenters. The molecule has 2 aromatic carbocycles. The first-order chi connectivity index (χ1) is 12.6. The van der Waals surface area contributed by atoms with Crippen molar-refractivity contribution in [1.82, 2.24) is 5.32 Å². The van der Waals surface area contributed by atoms with Gasteiger partial charge in [0.2, 0.25) is 5.91 Å². The summed E-state index contributed by atoms with van der Waals surface area (Å²) in [6.45, 7) is 2.80. The van der Waals surface area contributed by atoms with Gasteiger partial charge in [0.05, 0.1) is 20.1 Å². The van der Waals surface area contributed by atoms with E-state index in [1.807, 2.05) is 48.5 Å². The molecule has 1 amide bonds. The maximum Gasteiger partial charge on any atom is 0.230 e. The van der Waals surface area contributed by atoms with Gasteiger partial charge in [0.15, 0.2) is 5.11 Å².